The quantitative estimate of drug-likeness (QED) is 0.787. The molecule has 0 aliphatic carbocycles. The van der Waals surface area contributed by atoms with E-state index in [4.69, 9.17) is 4.74 Å². The molecule has 0 spiro atoms. The minimum Gasteiger partial charge on any atom is -0.495 e. The first-order valence-electron chi connectivity index (χ1n) is 4.97. The van der Waals surface area contributed by atoms with Crippen molar-refractivity contribution >= 4 is 31.9 Å². The summed E-state index contributed by atoms with van der Waals surface area (Å²) in [6.07, 6.45) is 0.539. The van der Waals surface area contributed by atoms with Crippen LogP contribution in [-0.2, 0) is 6.54 Å². The summed E-state index contributed by atoms with van der Waals surface area (Å²) in [5.74, 6) is 0.816. The molecule has 1 aromatic carbocycles. The highest BCUT2D eigenvalue weighted by Gasteiger charge is 2.08. The molecule has 0 amide bonds. The maximum absolute atomic E-state index is 11.9. The minimum absolute atomic E-state index is 0.285. The molecule has 90 valence electrons. The summed E-state index contributed by atoms with van der Waals surface area (Å²) in [4.78, 5) is 0. The molecule has 0 unspecified atom stereocenters. The Bertz CT molecular complexity index is 347. The summed E-state index contributed by atoms with van der Waals surface area (Å²) in [5.41, 5.74) is 1.04. The highest BCUT2D eigenvalue weighted by molar-refractivity contribution is 9.11. The second-order valence-electron chi connectivity index (χ2n) is 3.30. The molecular formula is C11H14Br2FNO. The molecule has 0 aliphatic heterocycles. The van der Waals surface area contributed by atoms with Gasteiger partial charge in [-0.1, -0.05) is 15.9 Å². The van der Waals surface area contributed by atoms with E-state index >= 15 is 0 Å². The van der Waals surface area contributed by atoms with Gasteiger partial charge in [-0.25, -0.2) is 0 Å². The lowest BCUT2D eigenvalue weighted by molar-refractivity contribution is 0.403. The van der Waals surface area contributed by atoms with Crippen molar-refractivity contribution in [3.05, 3.63) is 26.6 Å². The Kier molecular flexibility index (Phi) is 6.31. The van der Waals surface area contributed by atoms with Crippen LogP contribution in [0.5, 0.6) is 5.75 Å². The Morgan fingerprint density at radius 3 is 2.75 bits per heavy atom. The van der Waals surface area contributed by atoms with Crippen molar-refractivity contribution in [2.45, 2.75) is 13.0 Å². The molecule has 0 atom stereocenters. The molecule has 0 saturated carbocycles. The van der Waals surface area contributed by atoms with Crippen molar-refractivity contribution in [2.24, 2.45) is 0 Å². The summed E-state index contributed by atoms with van der Waals surface area (Å²) in [7, 11) is 1.64. The van der Waals surface area contributed by atoms with Crippen molar-refractivity contribution in [3.63, 3.8) is 0 Å². The number of methoxy groups -OCH3 is 1. The summed E-state index contributed by atoms with van der Waals surface area (Å²) in [6.45, 7) is 1.05. The van der Waals surface area contributed by atoms with Crippen LogP contribution in [0.4, 0.5) is 4.39 Å². The average Bonchev–Trinajstić information content (AvgIpc) is 2.24. The molecule has 1 aromatic rings. The number of alkyl halides is 1. The molecule has 0 saturated heterocycles. The van der Waals surface area contributed by atoms with Gasteiger partial charge in [0.1, 0.15) is 5.75 Å². The molecule has 0 heterocycles. The molecule has 1 N–H and O–H groups in total. The van der Waals surface area contributed by atoms with E-state index in [1.54, 1.807) is 7.11 Å². The number of hydrogen-bond donors (Lipinski definition) is 1. The zero-order chi connectivity index (χ0) is 12.0. The number of nitrogens with one attached hydrogen (secondary N) is 1. The van der Waals surface area contributed by atoms with Gasteiger partial charge in [0.15, 0.2) is 0 Å². The van der Waals surface area contributed by atoms with Crippen molar-refractivity contribution in [2.75, 3.05) is 20.3 Å². The minimum atomic E-state index is -0.285. The zero-order valence-corrected chi connectivity index (χ0v) is 12.2. The fraction of sp³-hybridized carbons (Fsp3) is 0.455. The Morgan fingerprint density at radius 2 is 2.12 bits per heavy atom. The second kappa shape index (κ2) is 7.25. The third kappa shape index (κ3) is 4.03. The molecular weight excluding hydrogens is 341 g/mol. The van der Waals surface area contributed by atoms with Crippen LogP contribution < -0.4 is 10.1 Å². The van der Waals surface area contributed by atoms with Crippen molar-refractivity contribution in [1.29, 1.82) is 0 Å². The summed E-state index contributed by atoms with van der Waals surface area (Å²) in [6, 6.07) is 3.93. The van der Waals surface area contributed by atoms with Crippen molar-refractivity contribution in [1.82, 2.24) is 5.32 Å². The Labute approximate surface area is 112 Å². The van der Waals surface area contributed by atoms with Gasteiger partial charge in [0.05, 0.1) is 18.3 Å². The first-order valence-corrected chi connectivity index (χ1v) is 6.56. The molecule has 0 bridgehead atoms. The molecule has 16 heavy (non-hydrogen) atoms. The monoisotopic (exact) mass is 353 g/mol. The van der Waals surface area contributed by atoms with E-state index in [2.05, 4.69) is 37.2 Å². The predicted molar refractivity (Wildman–Crippen MR) is 70.7 cm³/mol. The molecule has 0 aliphatic rings. The van der Waals surface area contributed by atoms with Gasteiger partial charge in [-0.15, -0.1) is 0 Å². The fourth-order valence-electron chi connectivity index (χ4n) is 1.39. The van der Waals surface area contributed by atoms with Gasteiger partial charge in [-0.2, -0.15) is 0 Å². The molecule has 2 nitrogen and oxygen atoms in total. The first-order chi connectivity index (χ1) is 7.69. The zero-order valence-electron chi connectivity index (χ0n) is 9.03. The van der Waals surface area contributed by atoms with Gasteiger partial charge >= 0.3 is 0 Å². The number of benzene rings is 1. The number of hydrogen-bond acceptors (Lipinski definition) is 2. The second-order valence-corrected chi connectivity index (χ2v) is 5.07. The third-order valence-corrected chi connectivity index (χ3v) is 3.14. The van der Waals surface area contributed by atoms with Crippen LogP contribution in [0.25, 0.3) is 0 Å². The van der Waals surface area contributed by atoms with Gasteiger partial charge in [0.2, 0.25) is 0 Å². The SMILES string of the molecule is COc1c(Br)cc(Br)cc1CNCCCF. The van der Waals surface area contributed by atoms with Gasteiger partial charge in [0, 0.05) is 16.6 Å². The van der Waals surface area contributed by atoms with Crippen LogP contribution in [0.3, 0.4) is 0 Å². The Hall–Kier alpha value is -0.130. The van der Waals surface area contributed by atoms with E-state index in [9.17, 15) is 4.39 Å². The smallest absolute Gasteiger partial charge is 0.137 e. The highest BCUT2D eigenvalue weighted by atomic mass is 79.9. The van der Waals surface area contributed by atoms with Crippen LogP contribution in [0.15, 0.2) is 21.1 Å². The standard InChI is InChI=1S/C11H14Br2FNO/c1-16-11-8(7-15-4-2-3-14)5-9(12)6-10(11)13/h5-6,15H,2-4,7H2,1H3. The normalized spacial score (nSPS) is 10.5. The maximum atomic E-state index is 11.9. The van der Waals surface area contributed by atoms with Crippen LogP contribution in [0.2, 0.25) is 0 Å². The van der Waals surface area contributed by atoms with Gasteiger partial charge in [0.25, 0.3) is 0 Å². The van der Waals surface area contributed by atoms with Crippen LogP contribution in [-0.4, -0.2) is 20.3 Å². The van der Waals surface area contributed by atoms with Crippen LogP contribution >= 0.6 is 31.9 Å². The van der Waals surface area contributed by atoms with E-state index in [0.717, 1.165) is 20.3 Å². The number of rotatable bonds is 6. The van der Waals surface area contributed by atoms with E-state index in [1.165, 1.54) is 0 Å². The lowest BCUT2D eigenvalue weighted by atomic mass is 10.2. The molecule has 0 radical (unpaired) electrons. The summed E-state index contributed by atoms with van der Waals surface area (Å²) >= 11 is 6.86. The molecule has 0 fully saturated rings. The van der Waals surface area contributed by atoms with Gasteiger partial charge < -0.3 is 10.1 Å². The lowest BCUT2D eigenvalue weighted by Gasteiger charge is -2.12. The molecule has 1 rings (SSSR count). The van der Waals surface area contributed by atoms with Crippen molar-refractivity contribution in [3.8, 4) is 5.75 Å². The van der Waals surface area contributed by atoms with Gasteiger partial charge in [-0.3, -0.25) is 4.39 Å². The first kappa shape index (κ1) is 13.9. The summed E-state index contributed by atoms with van der Waals surface area (Å²) in [5, 5.41) is 3.17. The molecule has 5 heteroatoms. The Balaban J connectivity index is 2.69. The predicted octanol–water partition coefficient (Wildman–Crippen LogP) is 3.67. The van der Waals surface area contributed by atoms with E-state index < -0.39 is 0 Å². The van der Waals surface area contributed by atoms with Crippen molar-refractivity contribution < 1.29 is 9.13 Å². The van der Waals surface area contributed by atoms with E-state index in [1.807, 2.05) is 12.1 Å². The number of halogens is 3. The maximum Gasteiger partial charge on any atom is 0.137 e. The van der Waals surface area contributed by atoms with E-state index in [0.29, 0.717) is 19.5 Å². The lowest BCUT2D eigenvalue weighted by Crippen LogP contribution is -2.15. The summed E-state index contributed by atoms with van der Waals surface area (Å²) < 4.78 is 19.1. The fourth-order valence-corrected chi connectivity index (χ4v) is 2.86. The third-order valence-electron chi connectivity index (χ3n) is 2.09. The Morgan fingerprint density at radius 1 is 1.38 bits per heavy atom. The number of ether oxygens (including phenoxy) is 1. The largest absolute Gasteiger partial charge is 0.495 e. The average molecular weight is 355 g/mol. The van der Waals surface area contributed by atoms with E-state index in [-0.39, 0.29) is 6.67 Å². The highest BCUT2D eigenvalue weighted by Crippen LogP contribution is 2.32. The van der Waals surface area contributed by atoms with Crippen LogP contribution in [0.1, 0.15) is 12.0 Å². The topological polar surface area (TPSA) is 21.3 Å². The van der Waals surface area contributed by atoms with Gasteiger partial charge in [-0.05, 0) is 41.0 Å². The molecule has 0 aromatic heterocycles. The van der Waals surface area contributed by atoms with Crippen LogP contribution in [0, 0.1) is 0 Å².